The maximum Gasteiger partial charge on any atom is 0.270 e. The monoisotopic (exact) mass is 349 g/mol. The molecule has 1 aromatic carbocycles. The predicted octanol–water partition coefficient (Wildman–Crippen LogP) is 3.52. The number of nitrogens with one attached hydrogen (secondary N) is 1. The van der Waals surface area contributed by atoms with Gasteiger partial charge in [0.25, 0.3) is 15.9 Å². The van der Waals surface area contributed by atoms with Crippen molar-refractivity contribution >= 4 is 27.0 Å². The Kier molecular flexibility index (Phi) is 3.95. The molecule has 3 aromatic rings. The van der Waals surface area contributed by atoms with Crippen molar-refractivity contribution in [1.29, 1.82) is 0 Å². The summed E-state index contributed by atoms with van der Waals surface area (Å²) < 4.78 is 33.0. The number of hydrogen-bond acceptors (Lipinski definition) is 6. The number of hydrogen-bond donors (Lipinski definition) is 1. The summed E-state index contributed by atoms with van der Waals surface area (Å²) in [4.78, 5) is 4.99. The molecular weight excluding hydrogens is 334 g/mol. The summed E-state index contributed by atoms with van der Waals surface area (Å²) in [5.74, 6) is 0.799. The molecule has 2 aromatic heterocycles. The molecule has 0 amide bonds. The molecule has 0 bridgehead atoms. The van der Waals surface area contributed by atoms with E-state index in [4.69, 9.17) is 4.52 Å². The fourth-order valence-electron chi connectivity index (χ4n) is 2.25. The van der Waals surface area contributed by atoms with E-state index in [2.05, 4.69) is 14.9 Å². The van der Waals surface area contributed by atoms with E-state index in [1.54, 1.807) is 37.4 Å². The van der Waals surface area contributed by atoms with Crippen molar-refractivity contribution in [3.05, 3.63) is 46.6 Å². The minimum absolute atomic E-state index is 0.252. The van der Waals surface area contributed by atoms with Gasteiger partial charge in [0.15, 0.2) is 5.82 Å². The second-order valence-corrected chi connectivity index (χ2v) is 7.75. The van der Waals surface area contributed by atoms with Crippen molar-refractivity contribution < 1.29 is 12.9 Å². The number of aromatic nitrogens is 2. The Balaban J connectivity index is 1.97. The average Bonchev–Trinajstić information content (AvgIpc) is 3.06. The number of thiophene rings is 1. The van der Waals surface area contributed by atoms with E-state index in [1.165, 1.54) is 11.3 Å². The highest BCUT2D eigenvalue weighted by Gasteiger charge is 2.21. The van der Waals surface area contributed by atoms with E-state index < -0.39 is 10.0 Å². The van der Waals surface area contributed by atoms with Gasteiger partial charge in [-0.3, -0.25) is 4.72 Å². The zero-order valence-corrected chi connectivity index (χ0v) is 14.5. The summed E-state index contributed by atoms with van der Waals surface area (Å²) in [6, 6.07) is 6.90. The fraction of sp³-hybridized carbons (Fsp3) is 0.200. The summed E-state index contributed by atoms with van der Waals surface area (Å²) in [7, 11) is -3.69. The van der Waals surface area contributed by atoms with Crippen molar-refractivity contribution in [1.82, 2.24) is 10.1 Å². The molecule has 23 heavy (non-hydrogen) atoms. The van der Waals surface area contributed by atoms with Crippen LogP contribution in [0.15, 0.2) is 39.1 Å². The van der Waals surface area contributed by atoms with E-state index in [0.717, 1.165) is 5.56 Å². The van der Waals surface area contributed by atoms with Crippen LogP contribution in [0, 0.1) is 20.8 Å². The SMILES string of the molecule is Cc1ccc(S(=O)(=O)Nc2ccsc2-c2nc(C)no2)c(C)c1. The first kappa shape index (κ1) is 15.7. The number of benzene rings is 1. The number of nitrogens with zero attached hydrogens (tertiary/aromatic N) is 2. The third-order valence-corrected chi connectivity index (χ3v) is 5.68. The number of sulfonamides is 1. The lowest BCUT2D eigenvalue weighted by Crippen LogP contribution is -2.14. The molecule has 0 atom stereocenters. The lowest BCUT2D eigenvalue weighted by atomic mass is 10.2. The molecule has 0 fully saturated rings. The van der Waals surface area contributed by atoms with E-state index in [1.807, 2.05) is 13.0 Å². The molecule has 0 saturated heterocycles. The molecular formula is C15H15N3O3S2. The van der Waals surface area contributed by atoms with Gasteiger partial charge >= 0.3 is 0 Å². The van der Waals surface area contributed by atoms with Crippen molar-refractivity contribution in [2.45, 2.75) is 25.7 Å². The van der Waals surface area contributed by atoms with Gasteiger partial charge in [0.1, 0.15) is 4.88 Å². The molecule has 0 spiro atoms. The molecule has 0 radical (unpaired) electrons. The molecule has 0 aliphatic rings. The Morgan fingerprint density at radius 2 is 1.96 bits per heavy atom. The van der Waals surface area contributed by atoms with Gasteiger partial charge < -0.3 is 4.52 Å². The van der Waals surface area contributed by atoms with Crippen LogP contribution in [-0.4, -0.2) is 18.6 Å². The van der Waals surface area contributed by atoms with Crippen LogP contribution in [0.4, 0.5) is 5.69 Å². The van der Waals surface area contributed by atoms with Crippen molar-refractivity contribution in [2.75, 3.05) is 4.72 Å². The lowest BCUT2D eigenvalue weighted by molar-refractivity contribution is 0.426. The molecule has 0 aliphatic heterocycles. The number of aryl methyl sites for hydroxylation is 3. The van der Waals surface area contributed by atoms with Crippen molar-refractivity contribution in [2.24, 2.45) is 0 Å². The summed E-state index contributed by atoms with van der Waals surface area (Å²) in [6.45, 7) is 5.41. The zero-order chi connectivity index (χ0) is 16.6. The van der Waals surface area contributed by atoms with Crippen LogP contribution in [0.1, 0.15) is 17.0 Å². The average molecular weight is 349 g/mol. The van der Waals surface area contributed by atoms with Crippen molar-refractivity contribution in [3.8, 4) is 10.8 Å². The Hall–Kier alpha value is -2.19. The van der Waals surface area contributed by atoms with Gasteiger partial charge in [0, 0.05) is 0 Å². The normalized spacial score (nSPS) is 11.6. The first-order valence-corrected chi connectivity index (χ1v) is 9.21. The van der Waals surface area contributed by atoms with Gasteiger partial charge in [-0.1, -0.05) is 22.9 Å². The number of rotatable bonds is 4. The molecule has 120 valence electrons. The molecule has 1 N–H and O–H groups in total. The van der Waals surface area contributed by atoms with Crippen LogP contribution in [0.2, 0.25) is 0 Å². The van der Waals surface area contributed by atoms with Crippen LogP contribution >= 0.6 is 11.3 Å². The minimum atomic E-state index is -3.69. The van der Waals surface area contributed by atoms with Gasteiger partial charge in [-0.2, -0.15) is 4.98 Å². The van der Waals surface area contributed by atoms with Crippen LogP contribution in [0.3, 0.4) is 0 Å². The maximum absolute atomic E-state index is 12.6. The van der Waals surface area contributed by atoms with Crippen LogP contribution in [-0.2, 0) is 10.0 Å². The van der Waals surface area contributed by atoms with Gasteiger partial charge in [0.2, 0.25) is 0 Å². The third-order valence-electron chi connectivity index (χ3n) is 3.25. The predicted molar refractivity (Wildman–Crippen MR) is 89.1 cm³/mol. The van der Waals surface area contributed by atoms with E-state index >= 15 is 0 Å². The molecule has 0 aliphatic carbocycles. The Morgan fingerprint density at radius 1 is 1.17 bits per heavy atom. The quantitative estimate of drug-likeness (QED) is 0.779. The van der Waals surface area contributed by atoms with Gasteiger partial charge in [-0.25, -0.2) is 8.42 Å². The van der Waals surface area contributed by atoms with Crippen molar-refractivity contribution in [3.63, 3.8) is 0 Å². The summed E-state index contributed by atoms with van der Waals surface area (Å²) in [5, 5.41) is 5.51. The highest BCUT2D eigenvalue weighted by molar-refractivity contribution is 7.92. The second-order valence-electron chi connectivity index (χ2n) is 5.18. The number of anilines is 1. The van der Waals surface area contributed by atoms with Crippen LogP contribution in [0.25, 0.3) is 10.8 Å². The van der Waals surface area contributed by atoms with E-state index in [9.17, 15) is 8.42 Å². The first-order chi connectivity index (χ1) is 10.9. The summed E-state index contributed by atoms with van der Waals surface area (Å²) >= 11 is 1.34. The largest absolute Gasteiger partial charge is 0.333 e. The maximum atomic E-state index is 12.6. The van der Waals surface area contributed by atoms with Gasteiger partial charge in [-0.05, 0) is 43.8 Å². The fourth-order valence-corrected chi connectivity index (χ4v) is 4.38. The Bertz CT molecular complexity index is 958. The highest BCUT2D eigenvalue weighted by atomic mass is 32.2. The molecule has 0 unspecified atom stereocenters. The van der Waals surface area contributed by atoms with Gasteiger partial charge in [0.05, 0.1) is 10.6 Å². The highest BCUT2D eigenvalue weighted by Crippen LogP contribution is 2.34. The standard InChI is InChI=1S/C15H15N3O3S2/c1-9-4-5-13(10(2)8-9)23(19,20)18-12-6-7-22-14(12)15-16-11(3)17-21-15/h4-8,18H,1-3H3. The molecule has 6 nitrogen and oxygen atoms in total. The van der Waals surface area contributed by atoms with Crippen LogP contribution in [0.5, 0.6) is 0 Å². The zero-order valence-electron chi connectivity index (χ0n) is 12.8. The smallest absolute Gasteiger partial charge is 0.270 e. The summed E-state index contributed by atoms with van der Waals surface area (Å²) in [6.07, 6.45) is 0. The third kappa shape index (κ3) is 3.13. The topological polar surface area (TPSA) is 85.1 Å². The molecule has 2 heterocycles. The molecule has 3 rings (SSSR count). The summed E-state index contributed by atoms with van der Waals surface area (Å²) in [5.41, 5.74) is 2.14. The van der Waals surface area contributed by atoms with E-state index in [0.29, 0.717) is 27.8 Å². The molecule has 0 saturated carbocycles. The van der Waals surface area contributed by atoms with Gasteiger partial charge in [-0.15, -0.1) is 11.3 Å². The minimum Gasteiger partial charge on any atom is -0.333 e. The Morgan fingerprint density at radius 3 is 2.61 bits per heavy atom. The van der Waals surface area contributed by atoms with E-state index in [-0.39, 0.29) is 4.90 Å². The second kappa shape index (κ2) is 5.78. The van der Waals surface area contributed by atoms with Crippen LogP contribution < -0.4 is 4.72 Å². The first-order valence-electron chi connectivity index (χ1n) is 6.85. The Labute approximate surface area is 138 Å². The lowest BCUT2D eigenvalue weighted by Gasteiger charge is -2.10. The molecule has 8 heteroatoms.